The molecule has 7 heteroatoms. The van der Waals surface area contributed by atoms with Crippen LogP contribution in [0.4, 0.5) is 13.2 Å². The Morgan fingerprint density at radius 2 is 1.90 bits per heavy atom. The highest BCUT2D eigenvalue weighted by molar-refractivity contribution is 6.30. The molecule has 1 aromatic rings. The van der Waals surface area contributed by atoms with Crippen LogP contribution in [0, 0.1) is 5.82 Å². The van der Waals surface area contributed by atoms with E-state index in [1.54, 1.807) is 6.07 Å². The van der Waals surface area contributed by atoms with Gasteiger partial charge >= 0.3 is 0 Å². The van der Waals surface area contributed by atoms with E-state index in [2.05, 4.69) is 5.32 Å². The fraction of sp³-hybridized carbons (Fsp3) is 0.538. The maximum Gasteiger partial charge on any atom is 0.240 e. The van der Waals surface area contributed by atoms with Crippen molar-refractivity contribution in [2.24, 2.45) is 0 Å². The van der Waals surface area contributed by atoms with Crippen molar-refractivity contribution in [2.45, 2.75) is 18.9 Å². The Morgan fingerprint density at radius 3 is 2.45 bits per heavy atom. The molecule has 1 aliphatic rings. The largest absolute Gasteiger partial charge is 0.314 e. The lowest BCUT2D eigenvalue weighted by Gasteiger charge is -2.35. The molecule has 0 saturated carbocycles. The molecule has 1 atom stereocenters. The van der Waals surface area contributed by atoms with Crippen LogP contribution < -0.4 is 5.32 Å². The van der Waals surface area contributed by atoms with Crippen LogP contribution >= 0.6 is 24.0 Å². The molecule has 114 valence electrons. The van der Waals surface area contributed by atoms with E-state index >= 15 is 0 Å². The summed E-state index contributed by atoms with van der Waals surface area (Å²) in [4.78, 5) is 1.90. The summed E-state index contributed by atoms with van der Waals surface area (Å²) in [5, 5.41) is 3.43. The van der Waals surface area contributed by atoms with E-state index in [1.807, 2.05) is 4.90 Å². The highest BCUT2D eigenvalue weighted by Crippen LogP contribution is 2.30. The number of piperazine rings is 1. The lowest BCUT2D eigenvalue weighted by Crippen LogP contribution is -2.45. The second-order valence-corrected chi connectivity index (χ2v) is 5.03. The molecule has 2 nitrogen and oxygen atoms in total. The van der Waals surface area contributed by atoms with Gasteiger partial charge in [-0.1, -0.05) is 17.7 Å². The molecule has 0 unspecified atom stereocenters. The van der Waals surface area contributed by atoms with Crippen LogP contribution in [-0.2, 0) is 0 Å². The summed E-state index contributed by atoms with van der Waals surface area (Å²) in [6.07, 6.45) is -2.83. The summed E-state index contributed by atoms with van der Waals surface area (Å²) in [6.45, 7) is 2.74. The molecule has 1 heterocycles. The van der Waals surface area contributed by atoms with Crippen LogP contribution in [0.1, 0.15) is 18.0 Å². The van der Waals surface area contributed by atoms with Crippen LogP contribution in [0.3, 0.4) is 0 Å². The first-order chi connectivity index (χ1) is 9.08. The van der Waals surface area contributed by atoms with Gasteiger partial charge in [0.1, 0.15) is 5.82 Å². The van der Waals surface area contributed by atoms with Crippen LogP contribution in [0.25, 0.3) is 0 Å². The Hall–Kier alpha value is -0.490. The van der Waals surface area contributed by atoms with Gasteiger partial charge in [0.25, 0.3) is 0 Å². The summed E-state index contributed by atoms with van der Waals surface area (Å²) in [5.74, 6) is -0.517. The highest BCUT2D eigenvalue weighted by Gasteiger charge is 2.27. The second-order valence-electron chi connectivity index (χ2n) is 4.59. The Labute approximate surface area is 127 Å². The van der Waals surface area contributed by atoms with Gasteiger partial charge < -0.3 is 5.32 Å². The van der Waals surface area contributed by atoms with Crippen LogP contribution in [0.2, 0.25) is 5.02 Å². The Balaban J connectivity index is 0.00000200. The Kier molecular flexibility index (Phi) is 7.09. The molecule has 0 aliphatic carbocycles. The van der Waals surface area contributed by atoms with Gasteiger partial charge in [-0.2, -0.15) is 0 Å². The molecule has 1 fully saturated rings. The molecule has 0 bridgehead atoms. The normalized spacial score (nSPS) is 17.9. The summed E-state index contributed by atoms with van der Waals surface area (Å²) in [6, 6.07) is 3.63. The van der Waals surface area contributed by atoms with Crippen LogP contribution in [0.15, 0.2) is 18.2 Å². The second kappa shape index (κ2) is 8.08. The summed E-state index contributed by atoms with van der Waals surface area (Å²) >= 11 is 5.70. The molecule has 2 rings (SSSR count). The number of halogens is 5. The molecular formula is C13H17Cl2F3N2. The molecule has 1 saturated heterocycles. The minimum Gasteiger partial charge on any atom is -0.314 e. The van der Waals surface area contributed by atoms with Crippen molar-refractivity contribution in [1.82, 2.24) is 10.2 Å². The zero-order chi connectivity index (χ0) is 13.8. The smallest absolute Gasteiger partial charge is 0.240 e. The Bertz CT molecular complexity index is 426. The van der Waals surface area contributed by atoms with E-state index in [4.69, 9.17) is 11.6 Å². The van der Waals surface area contributed by atoms with Crippen molar-refractivity contribution >= 4 is 24.0 Å². The fourth-order valence-electron chi connectivity index (χ4n) is 2.41. The van der Waals surface area contributed by atoms with Gasteiger partial charge in [-0.25, -0.2) is 13.2 Å². The zero-order valence-corrected chi connectivity index (χ0v) is 12.4. The zero-order valence-electron chi connectivity index (χ0n) is 10.8. The molecule has 0 amide bonds. The van der Waals surface area contributed by atoms with Gasteiger partial charge in [0, 0.05) is 49.2 Å². The third-order valence-electron chi connectivity index (χ3n) is 3.32. The van der Waals surface area contributed by atoms with Gasteiger partial charge in [-0.15, -0.1) is 12.4 Å². The molecule has 1 N–H and O–H groups in total. The average molecular weight is 329 g/mol. The van der Waals surface area contributed by atoms with Crippen LogP contribution in [0.5, 0.6) is 0 Å². The van der Waals surface area contributed by atoms with Gasteiger partial charge in [-0.3, -0.25) is 4.90 Å². The lowest BCUT2D eigenvalue weighted by molar-refractivity contribution is 0.0725. The lowest BCUT2D eigenvalue weighted by atomic mass is 10.0. The first kappa shape index (κ1) is 17.6. The minimum atomic E-state index is -2.46. The monoisotopic (exact) mass is 328 g/mol. The van der Waals surface area contributed by atoms with Gasteiger partial charge in [0.05, 0.1) is 0 Å². The molecule has 0 aromatic heterocycles. The van der Waals surface area contributed by atoms with Crippen molar-refractivity contribution in [3.63, 3.8) is 0 Å². The van der Waals surface area contributed by atoms with E-state index in [9.17, 15) is 13.2 Å². The highest BCUT2D eigenvalue weighted by atomic mass is 35.5. The van der Waals surface area contributed by atoms with Crippen LogP contribution in [-0.4, -0.2) is 37.5 Å². The topological polar surface area (TPSA) is 15.3 Å². The van der Waals surface area contributed by atoms with Crippen molar-refractivity contribution in [1.29, 1.82) is 0 Å². The number of nitrogens with zero attached hydrogens (tertiary/aromatic N) is 1. The maximum absolute atomic E-state index is 13.9. The maximum atomic E-state index is 13.9. The predicted molar refractivity (Wildman–Crippen MR) is 76.5 cm³/mol. The minimum absolute atomic E-state index is 0. The molecule has 20 heavy (non-hydrogen) atoms. The summed E-state index contributed by atoms with van der Waals surface area (Å²) in [7, 11) is 0. The first-order valence-corrected chi connectivity index (χ1v) is 6.63. The summed E-state index contributed by atoms with van der Waals surface area (Å²) in [5.41, 5.74) is 0.298. The molecule has 1 aromatic carbocycles. The number of hydrogen-bond acceptors (Lipinski definition) is 2. The molecular weight excluding hydrogens is 312 g/mol. The third-order valence-corrected chi connectivity index (χ3v) is 3.55. The fourth-order valence-corrected chi connectivity index (χ4v) is 2.57. The van der Waals surface area contributed by atoms with Crippen molar-refractivity contribution < 1.29 is 13.2 Å². The predicted octanol–water partition coefficient (Wildman–Crippen LogP) is 3.50. The number of rotatable bonds is 4. The number of alkyl halides is 2. The quantitative estimate of drug-likeness (QED) is 0.910. The number of nitrogens with one attached hydrogen (secondary N) is 1. The van der Waals surface area contributed by atoms with E-state index in [-0.39, 0.29) is 23.9 Å². The van der Waals surface area contributed by atoms with Crippen molar-refractivity contribution in [3.8, 4) is 0 Å². The standard InChI is InChI=1S/C13H16ClF3N2.ClH/c14-9-1-2-10(11(15)7-9)12(8-13(16)17)19-5-3-18-4-6-19;/h1-2,7,12-13,18H,3-6,8H2;1H/t12-;/m0./s1. The molecule has 0 spiro atoms. The first-order valence-electron chi connectivity index (χ1n) is 6.26. The van der Waals surface area contributed by atoms with E-state index in [1.165, 1.54) is 12.1 Å². The number of benzene rings is 1. The molecule has 0 radical (unpaired) electrons. The molecule has 1 aliphatic heterocycles. The van der Waals surface area contributed by atoms with E-state index < -0.39 is 18.3 Å². The van der Waals surface area contributed by atoms with Gasteiger partial charge in [0.2, 0.25) is 6.43 Å². The summed E-state index contributed by atoms with van der Waals surface area (Å²) < 4.78 is 39.4. The van der Waals surface area contributed by atoms with Crippen molar-refractivity contribution in [2.75, 3.05) is 26.2 Å². The SMILES string of the molecule is Cl.Fc1cc(Cl)ccc1[C@H](CC(F)F)N1CCNCC1. The van der Waals surface area contributed by atoms with E-state index in [0.717, 1.165) is 13.1 Å². The number of hydrogen-bond donors (Lipinski definition) is 1. The third kappa shape index (κ3) is 4.52. The average Bonchev–Trinajstić information content (AvgIpc) is 2.37. The van der Waals surface area contributed by atoms with E-state index in [0.29, 0.717) is 18.7 Å². The Morgan fingerprint density at radius 1 is 1.25 bits per heavy atom. The van der Waals surface area contributed by atoms with Gasteiger partial charge in [0.15, 0.2) is 0 Å². The van der Waals surface area contributed by atoms with Gasteiger partial charge in [-0.05, 0) is 12.1 Å². The van der Waals surface area contributed by atoms with Crippen molar-refractivity contribution in [3.05, 3.63) is 34.6 Å².